The van der Waals surface area contributed by atoms with Crippen LogP contribution in [0.4, 0.5) is 5.69 Å². The number of halogens is 1. The summed E-state index contributed by atoms with van der Waals surface area (Å²) in [6.45, 7) is 0. The minimum absolute atomic E-state index is 0.0850. The molecule has 0 fully saturated rings. The molecule has 1 heterocycles. The van der Waals surface area contributed by atoms with Crippen molar-refractivity contribution in [3.8, 4) is 22.8 Å². The monoisotopic (exact) mass is 421 g/mol. The Morgan fingerprint density at radius 3 is 2.52 bits per heavy atom. The van der Waals surface area contributed by atoms with E-state index in [0.29, 0.717) is 11.5 Å². The summed E-state index contributed by atoms with van der Waals surface area (Å²) in [6.07, 6.45) is 0. The van der Waals surface area contributed by atoms with E-state index in [1.165, 1.54) is 7.11 Å². The van der Waals surface area contributed by atoms with Gasteiger partial charge in [-0.25, -0.2) is 4.99 Å². The minimum atomic E-state index is 0.0850. The maximum atomic E-state index is 9.85. The molecule has 5 heteroatoms. The van der Waals surface area contributed by atoms with Crippen LogP contribution in [0, 0.1) is 0 Å². The van der Waals surface area contributed by atoms with Gasteiger partial charge in [-0.05, 0) is 54.6 Å². The molecule has 3 aromatic carbocycles. The average Bonchev–Trinajstić information content (AvgIpc) is 2.70. The number of phenols is 1. The normalized spacial score (nSPS) is 11.7. The maximum Gasteiger partial charge on any atom is 0.161 e. The third-order valence-electron chi connectivity index (χ3n) is 4.19. The van der Waals surface area contributed by atoms with Crippen LogP contribution >= 0.6 is 15.9 Å². The molecule has 27 heavy (non-hydrogen) atoms. The Bertz CT molecular complexity index is 1180. The van der Waals surface area contributed by atoms with Crippen LogP contribution in [0.5, 0.6) is 11.5 Å². The van der Waals surface area contributed by atoms with E-state index < -0.39 is 0 Å². The first-order chi connectivity index (χ1) is 13.1. The zero-order valence-corrected chi connectivity index (χ0v) is 16.1. The highest BCUT2D eigenvalue weighted by molar-refractivity contribution is 9.10. The summed E-state index contributed by atoms with van der Waals surface area (Å²) in [7, 11) is 1.52. The number of para-hydroxylation sites is 1. The predicted molar refractivity (Wildman–Crippen MR) is 109 cm³/mol. The fraction of sp³-hybridized carbons (Fsp3) is 0.0455. The Hall–Kier alpha value is -3.05. The van der Waals surface area contributed by atoms with Gasteiger partial charge in [0, 0.05) is 21.5 Å². The Morgan fingerprint density at radius 2 is 1.74 bits per heavy atom. The van der Waals surface area contributed by atoms with E-state index in [2.05, 4.69) is 15.9 Å². The van der Waals surface area contributed by atoms with E-state index in [9.17, 15) is 5.11 Å². The van der Waals surface area contributed by atoms with Gasteiger partial charge in [0.15, 0.2) is 11.5 Å². The van der Waals surface area contributed by atoms with Crippen LogP contribution in [0.1, 0.15) is 0 Å². The van der Waals surface area contributed by atoms with E-state index in [1.54, 1.807) is 18.2 Å². The van der Waals surface area contributed by atoms with Crippen molar-refractivity contribution in [1.29, 1.82) is 0 Å². The molecule has 1 aromatic heterocycles. The van der Waals surface area contributed by atoms with Gasteiger partial charge in [0.25, 0.3) is 0 Å². The summed E-state index contributed by atoms with van der Waals surface area (Å²) in [6, 6.07) is 22.6. The van der Waals surface area contributed by atoms with Crippen molar-refractivity contribution in [1.82, 2.24) is 0 Å². The molecule has 4 aromatic rings. The van der Waals surface area contributed by atoms with Crippen molar-refractivity contribution in [3.63, 3.8) is 0 Å². The maximum absolute atomic E-state index is 9.85. The number of methoxy groups -OCH3 is 1. The Kier molecular flexibility index (Phi) is 4.69. The molecular weight excluding hydrogens is 406 g/mol. The van der Waals surface area contributed by atoms with Crippen molar-refractivity contribution < 1.29 is 14.3 Å². The molecule has 1 N–H and O–H groups in total. The third kappa shape index (κ3) is 3.59. The molecule has 0 unspecified atom stereocenters. The molecule has 4 rings (SSSR count). The molecule has 0 aliphatic carbocycles. The van der Waals surface area contributed by atoms with Crippen LogP contribution in [0.15, 0.2) is 86.7 Å². The first kappa shape index (κ1) is 17.4. The molecule has 0 bridgehead atoms. The fourth-order valence-corrected chi connectivity index (χ4v) is 3.10. The number of hydrogen-bond donors (Lipinski definition) is 1. The van der Waals surface area contributed by atoms with Crippen LogP contribution in [0.25, 0.3) is 22.3 Å². The summed E-state index contributed by atoms with van der Waals surface area (Å²) in [4.78, 5) is 4.80. The molecule has 0 aliphatic heterocycles. The lowest BCUT2D eigenvalue weighted by atomic mass is 10.1. The highest BCUT2D eigenvalue weighted by Gasteiger charge is 2.09. The number of benzene rings is 3. The summed E-state index contributed by atoms with van der Waals surface area (Å²) in [5.74, 6) is 1.12. The van der Waals surface area contributed by atoms with Gasteiger partial charge in [0.05, 0.1) is 18.2 Å². The van der Waals surface area contributed by atoms with Crippen LogP contribution in [-0.2, 0) is 0 Å². The van der Waals surface area contributed by atoms with Gasteiger partial charge in [-0.15, -0.1) is 0 Å². The van der Waals surface area contributed by atoms with Gasteiger partial charge in [-0.2, -0.15) is 0 Å². The number of aromatic hydroxyl groups is 1. The van der Waals surface area contributed by atoms with Gasteiger partial charge >= 0.3 is 0 Å². The number of nitrogens with zero attached hydrogens (tertiary/aromatic N) is 1. The summed E-state index contributed by atoms with van der Waals surface area (Å²) in [5.41, 5.74) is 2.38. The van der Waals surface area contributed by atoms with Crippen LogP contribution in [0.2, 0.25) is 0 Å². The molecule has 0 saturated heterocycles. The predicted octanol–water partition coefficient (Wildman–Crippen LogP) is 5.81. The van der Waals surface area contributed by atoms with Crippen molar-refractivity contribution in [2.24, 2.45) is 4.99 Å². The number of fused-ring (bicyclic) bond motifs is 1. The van der Waals surface area contributed by atoms with E-state index in [4.69, 9.17) is 14.1 Å². The van der Waals surface area contributed by atoms with E-state index >= 15 is 0 Å². The van der Waals surface area contributed by atoms with Crippen molar-refractivity contribution in [3.05, 3.63) is 82.6 Å². The lowest BCUT2D eigenvalue weighted by Gasteiger charge is -2.08. The second kappa shape index (κ2) is 7.29. The van der Waals surface area contributed by atoms with Crippen molar-refractivity contribution in [2.75, 3.05) is 7.11 Å². The second-order valence-corrected chi connectivity index (χ2v) is 6.88. The molecule has 0 atom stereocenters. The number of hydrogen-bond acceptors (Lipinski definition) is 4. The summed E-state index contributed by atoms with van der Waals surface area (Å²) >= 11 is 3.44. The quantitative estimate of drug-likeness (QED) is 0.454. The van der Waals surface area contributed by atoms with Crippen LogP contribution in [-0.4, -0.2) is 12.2 Å². The fourth-order valence-electron chi connectivity index (χ4n) is 2.84. The zero-order valence-electron chi connectivity index (χ0n) is 14.5. The van der Waals surface area contributed by atoms with Gasteiger partial charge in [-0.1, -0.05) is 28.1 Å². The standard InChI is InChI=1S/C22H16BrNO3/c1-26-22-12-14(6-11-19(22)25)21-13-18(17-4-2-3-5-20(17)27-21)24-16-9-7-15(23)8-10-16/h2-13,25H,1H3. The molecule has 0 aliphatic rings. The molecular formula is C22H16BrNO3. The van der Waals surface area contributed by atoms with Gasteiger partial charge in [0.2, 0.25) is 0 Å². The van der Waals surface area contributed by atoms with Gasteiger partial charge in [-0.3, -0.25) is 0 Å². The summed E-state index contributed by atoms with van der Waals surface area (Å²) in [5, 5.41) is 11.6. The number of rotatable bonds is 3. The Morgan fingerprint density at radius 1 is 0.963 bits per heavy atom. The van der Waals surface area contributed by atoms with E-state index in [0.717, 1.165) is 32.1 Å². The largest absolute Gasteiger partial charge is 0.504 e. The number of phenolic OH excluding ortho intramolecular Hbond substituents is 1. The molecule has 0 spiro atoms. The first-order valence-corrected chi connectivity index (χ1v) is 9.14. The average molecular weight is 422 g/mol. The van der Waals surface area contributed by atoms with E-state index in [1.807, 2.05) is 54.6 Å². The molecule has 4 nitrogen and oxygen atoms in total. The summed E-state index contributed by atoms with van der Waals surface area (Å²) < 4.78 is 12.3. The van der Waals surface area contributed by atoms with Crippen molar-refractivity contribution in [2.45, 2.75) is 0 Å². The Labute approximate surface area is 164 Å². The molecule has 134 valence electrons. The molecule has 0 radical (unpaired) electrons. The topological polar surface area (TPSA) is 55.0 Å². The Balaban J connectivity index is 1.95. The minimum Gasteiger partial charge on any atom is -0.504 e. The highest BCUT2D eigenvalue weighted by atomic mass is 79.9. The van der Waals surface area contributed by atoms with E-state index in [-0.39, 0.29) is 5.75 Å². The highest BCUT2D eigenvalue weighted by Crippen LogP contribution is 2.32. The van der Waals surface area contributed by atoms with Gasteiger partial charge in [0.1, 0.15) is 11.3 Å². The van der Waals surface area contributed by atoms with Crippen LogP contribution in [0.3, 0.4) is 0 Å². The molecule has 0 amide bonds. The van der Waals surface area contributed by atoms with Crippen LogP contribution < -0.4 is 10.1 Å². The first-order valence-electron chi connectivity index (χ1n) is 8.34. The van der Waals surface area contributed by atoms with Gasteiger partial charge < -0.3 is 14.3 Å². The third-order valence-corrected chi connectivity index (χ3v) is 4.72. The number of ether oxygens (including phenoxy) is 1. The zero-order chi connectivity index (χ0) is 18.8. The lowest BCUT2D eigenvalue weighted by Crippen LogP contribution is -2.03. The second-order valence-electron chi connectivity index (χ2n) is 5.97. The molecule has 0 saturated carbocycles. The lowest BCUT2D eigenvalue weighted by molar-refractivity contribution is 0.373. The SMILES string of the molecule is COc1cc(-c2cc(=Nc3ccc(Br)cc3)c3ccccc3o2)ccc1O. The van der Waals surface area contributed by atoms with Crippen molar-refractivity contribution >= 4 is 32.6 Å². The smallest absolute Gasteiger partial charge is 0.161 e.